The zero-order valence-electron chi connectivity index (χ0n) is 6.06. The predicted octanol–water partition coefficient (Wildman–Crippen LogP) is 2.29. The molecule has 0 aromatic rings. The second kappa shape index (κ2) is 4.76. The summed E-state index contributed by atoms with van der Waals surface area (Å²) in [6.07, 6.45) is 0.377. The third-order valence-corrected chi connectivity index (χ3v) is 1.86. The van der Waals surface area contributed by atoms with Crippen LogP contribution in [0.25, 0.3) is 0 Å². The van der Waals surface area contributed by atoms with Crippen LogP contribution in [0.15, 0.2) is 0 Å². The molecule has 0 amide bonds. The number of hydrogen-bond donors (Lipinski definition) is 0. The molecule has 0 aromatic carbocycles. The van der Waals surface area contributed by atoms with Crippen LogP contribution in [0.3, 0.4) is 0 Å². The molecule has 10 heavy (non-hydrogen) atoms. The molecule has 0 N–H and O–H groups in total. The molecule has 0 aliphatic heterocycles. The van der Waals surface area contributed by atoms with Gasteiger partial charge in [-0.05, 0) is 5.92 Å². The summed E-state index contributed by atoms with van der Waals surface area (Å²) in [6.45, 7) is 1.75. The van der Waals surface area contributed by atoms with Gasteiger partial charge < -0.3 is 0 Å². The topological polar surface area (TPSA) is 0 Å². The van der Waals surface area contributed by atoms with Gasteiger partial charge >= 0.3 is 0 Å². The molecule has 0 spiro atoms. The third-order valence-electron chi connectivity index (χ3n) is 1.86. The van der Waals surface area contributed by atoms with Gasteiger partial charge in [0.05, 0.1) is 0 Å². The van der Waals surface area contributed by atoms with Crippen molar-refractivity contribution < 1.29 is 41.5 Å². The smallest absolute Gasteiger partial charge is 0.106 e. The second-order valence-corrected chi connectivity index (χ2v) is 2.68. The summed E-state index contributed by atoms with van der Waals surface area (Å²) < 4.78 is 25.0. The van der Waals surface area contributed by atoms with E-state index in [-0.39, 0.29) is 38.6 Å². The van der Waals surface area contributed by atoms with Crippen LogP contribution in [0.1, 0.15) is 19.8 Å². The van der Waals surface area contributed by atoms with Gasteiger partial charge in [0.25, 0.3) is 0 Å². The summed E-state index contributed by atoms with van der Waals surface area (Å²) in [7, 11) is 0. The Morgan fingerprint density at radius 2 is 2.00 bits per heavy atom. The van der Waals surface area contributed by atoms with Crippen molar-refractivity contribution in [2.24, 2.45) is 5.92 Å². The Hall–Kier alpha value is 0.964. The van der Waals surface area contributed by atoms with Gasteiger partial charge in [-0.3, -0.25) is 10.8 Å². The summed E-state index contributed by atoms with van der Waals surface area (Å²) in [5, 5.41) is 0. The number of rotatable bonds is 0. The predicted molar refractivity (Wildman–Crippen MR) is 32.5 cm³/mol. The van der Waals surface area contributed by atoms with Crippen molar-refractivity contribution in [2.75, 3.05) is 0 Å². The zero-order chi connectivity index (χ0) is 6.85. The maximum Gasteiger partial charge on any atom is 0.106 e. The molecule has 0 nitrogen and oxygen atoms in total. The van der Waals surface area contributed by atoms with Crippen molar-refractivity contribution in [3.8, 4) is 0 Å². The van der Waals surface area contributed by atoms with E-state index >= 15 is 0 Å². The largest absolute Gasteiger partial charge is 0.292 e. The quantitative estimate of drug-likeness (QED) is 0.551. The van der Waals surface area contributed by atoms with Crippen molar-refractivity contribution in [1.82, 2.24) is 0 Å². The summed E-state index contributed by atoms with van der Waals surface area (Å²) in [5.74, 6) is -0.0926. The first-order valence-corrected chi connectivity index (χ1v) is 3.33. The molecule has 0 bridgehead atoms. The van der Waals surface area contributed by atoms with Gasteiger partial charge in [-0.15, -0.1) is 0 Å². The molecular weight excluding hydrogens is 211 g/mol. The van der Waals surface area contributed by atoms with E-state index in [9.17, 15) is 8.78 Å². The third kappa shape index (κ3) is 2.54. The van der Waals surface area contributed by atoms with Gasteiger partial charge in [-0.1, -0.05) is 13.3 Å². The number of alkyl halides is 2. The molecule has 3 atom stereocenters. The van der Waals surface area contributed by atoms with Crippen molar-refractivity contribution in [3.63, 3.8) is 0 Å². The van der Waals surface area contributed by atoms with Crippen LogP contribution >= 0.6 is 0 Å². The van der Waals surface area contributed by atoms with Crippen LogP contribution in [-0.4, -0.2) is 12.3 Å². The van der Waals surface area contributed by atoms with E-state index in [0.717, 1.165) is 12.8 Å². The van der Waals surface area contributed by atoms with E-state index in [0.29, 0.717) is 0 Å². The molecule has 57 valence electrons. The molecule has 3 unspecified atom stereocenters. The van der Waals surface area contributed by atoms with Gasteiger partial charge in [-0.25, -0.2) is 4.39 Å². The molecule has 1 radical (unpaired) electrons. The Bertz CT molecular complexity index is 87.6. The summed E-state index contributed by atoms with van der Waals surface area (Å²) in [5.41, 5.74) is 0. The van der Waals surface area contributed by atoms with Gasteiger partial charge in [0.15, 0.2) is 0 Å². The molecular formula is C7H11F2Y-. The second-order valence-electron chi connectivity index (χ2n) is 2.68. The molecule has 0 saturated heterocycles. The van der Waals surface area contributed by atoms with Gasteiger partial charge in [0, 0.05) is 38.9 Å². The number of hydrogen-bond acceptors (Lipinski definition) is 0. The molecule has 1 saturated carbocycles. The zero-order valence-corrected chi connectivity index (χ0v) is 8.90. The van der Waals surface area contributed by atoms with Crippen molar-refractivity contribution in [1.29, 1.82) is 0 Å². The van der Waals surface area contributed by atoms with E-state index < -0.39 is 12.3 Å². The van der Waals surface area contributed by atoms with Crippen LogP contribution in [0, 0.1) is 12.3 Å². The summed E-state index contributed by atoms with van der Waals surface area (Å²) in [4.78, 5) is 0. The fourth-order valence-electron chi connectivity index (χ4n) is 1.12. The summed E-state index contributed by atoms with van der Waals surface area (Å²) in [6, 6.07) is 0. The van der Waals surface area contributed by atoms with Crippen molar-refractivity contribution in [3.05, 3.63) is 6.42 Å². The fourth-order valence-corrected chi connectivity index (χ4v) is 1.12. The Kier molecular flexibility index (Phi) is 5.22. The van der Waals surface area contributed by atoms with E-state index in [1.165, 1.54) is 6.42 Å². The minimum atomic E-state index is -1.31. The monoisotopic (exact) mass is 222 g/mol. The van der Waals surface area contributed by atoms with Crippen LogP contribution in [-0.2, 0) is 32.7 Å². The standard InChI is InChI=1S/C7H11F2.Y/c1-5-3-2-4-6(8)7(5)9;/h4-7H,2-3H2,1H3;/q-1;. The average Bonchev–Trinajstić information content (AvgIpc) is 1.83. The molecule has 3 heteroatoms. The van der Waals surface area contributed by atoms with Crippen molar-refractivity contribution >= 4 is 0 Å². The van der Waals surface area contributed by atoms with Gasteiger partial charge in [0.2, 0.25) is 0 Å². The SMILES string of the molecule is CC1CC[CH-]C(F)C1F.[Y]. The Morgan fingerprint density at radius 3 is 2.40 bits per heavy atom. The van der Waals surface area contributed by atoms with E-state index in [4.69, 9.17) is 0 Å². The minimum Gasteiger partial charge on any atom is -0.292 e. The van der Waals surface area contributed by atoms with Crippen LogP contribution in [0.5, 0.6) is 0 Å². The molecule has 0 heterocycles. The van der Waals surface area contributed by atoms with E-state index in [1.54, 1.807) is 6.92 Å². The maximum atomic E-state index is 12.6. The Morgan fingerprint density at radius 1 is 1.40 bits per heavy atom. The Balaban J connectivity index is 0.000000810. The minimum absolute atomic E-state index is 0. The first-order chi connectivity index (χ1) is 4.22. The van der Waals surface area contributed by atoms with Crippen LogP contribution < -0.4 is 0 Å². The molecule has 1 aliphatic rings. The molecule has 1 rings (SSSR count). The molecule has 0 aromatic heterocycles. The fraction of sp³-hybridized carbons (Fsp3) is 0.857. The van der Waals surface area contributed by atoms with E-state index in [1.807, 2.05) is 0 Å². The van der Waals surface area contributed by atoms with E-state index in [2.05, 4.69) is 0 Å². The molecule has 1 aliphatic carbocycles. The maximum absolute atomic E-state index is 12.6. The molecule has 1 fully saturated rings. The summed E-state index contributed by atoms with van der Waals surface area (Å²) >= 11 is 0. The van der Waals surface area contributed by atoms with Crippen LogP contribution in [0.4, 0.5) is 8.78 Å². The normalized spacial score (nSPS) is 40.5. The van der Waals surface area contributed by atoms with Gasteiger partial charge in [0.1, 0.15) is 6.17 Å². The first kappa shape index (κ1) is 11.0. The average molecular weight is 222 g/mol. The van der Waals surface area contributed by atoms with Crippen LogP contribution in [0.2, 0.25) is 0 Å². The Labute approximate surface area is 85.6 Å². The van der Waals surface area contributed by atoms with Crippen molar-refractivity contribution in [2.45, 2.75) is 32.1 Å². The number of halogens is 2. The van der Waals surface area contributed by atoms with Gasteiger partial charge in [-0.2, -0.15) is 6.42 Å². The first-order valence-electron chi connectivity index (χ1n) is 3.33.